The number of nitrogens with zero attached hydrogens (tertiary/aromatic N) is 3. The maximum absolute atomic E-state index is 12.4. The Balaban J connectivity index is 1.52. The van der Waals surface area contributed by atoms with E-state index in [0.29, 0.717) is 69.5 Å². The summed E-state index contributed by atoms with van der Waals surface area (Å²) in [6, 6.07) is 17.5. The Morgan fingerprint density at radius 2 is 1.53 bits per heavy atom. The van der Waals surface area contributed by atoms with Gasteiger partial charge in [0.1, 0.15) is 0 Å². The highest BCUT2D eigenvalue weighted by molar-refractivity contribution is 5.94. The van der Waals surface area contributed by atoms with Crippen molar-refractivity contribution in [3.05, 3.63) is 65.7 Å². The lowest BCUT2D eigenvalue weighted by molar-refractivity contribution is 0.0511. The van der Waals surface area contributed by atoms with Crippen LogP contribution < -0.4 is 27.0 Å². The Kier molecular flexibility index (Phi) is 12.2. The van der Waals surface area contributed by atoms with Crippen molar-refractivity contribution in [2.75, 3.05) is 62.0 Å². The zero-order valence-corrected chi connectivity index (χ0v) is 22.1. The van der Waals surface area contributed by atoms with E-state index in [1.807, 2.05) is 44.2 Å². The van der Waals surface area contributed by atoms with Gasteiger partial charge in [-0.2, -0.15) is 15.0 Å². The molecule has 3 rings (SSSR count). The molecule has 0 radical (unpaired) electrons. The highest BCUT2D eigenvalue weighted by Gasteiger charge is 2.10. The van der Waals surface area contributed by atoms with Gasteiger partial charge in [0.2, 0.25) is 17.8 Å². The minimum Gasteiger partial charge on any atom is -0.378 e. The van der Waals surface area contributed by atoms with Crippen LogP contribution in [0, 0.1) is 0 Å². The summed E-state index contributed by atoms with van der Waals surface area (Å²) in [4.78, 5) is 25.9. The standard InChI is InChI=1S/C27H38N8O3/c1-20(2)31-26-33-25(30-14-12-21-6-4-3-5-7-21)34-27(35-26)32-23-10-8-22(9-11-23)24(36)29-15-17-38-19-18-37-16-13-28/h3-11,20H,12-19,28H2,1-2H3,(H,29,36)(H3,30,31,32,33,34,35). The maximum atomic E-state index is 12.4. The molecule has 38 heavy (non-hydrogen) atoms. The second-order valence-corrected chi connectivity index (χ2v) is 8.74. The first-order chi connectivity index (χ1) is 18.5. The molecule has 0 aliphatic carbocycles. The smallest absolute Gasteiger partial charge is 0.251 e. The van der Waals surface area contributed by atoms with Crippen LogP contribution >= 0.6 is 0 Å². The molecule has 1 amide bonds. The van der Waals surface area contributed by atoms with Gasteiger partial charge in [0.05, 0.1) is 26.4 Å². The minimum absolute atomic E-state index is 0.162. The number of aromatic nitrogens is 3. The normalized spacial score (nSPS) is 10.8. The van der Waals surface area contributed by atoms with Crippen LogP contribution in [0.5, 0.6) is 0 Å². The number of rotatable bonds is 17. The SMILES string of the molecule is CC(C)Nc1nc(NCCc2ccccc2)nc(Nc2ccc(C(=O)NCCOCCOCCN)cc2)n1. The summed E-state index contributed by atoms with van der Waals surface area (Å²) in [5.41, 5.74) is 7.88. The third-order valence-corrected chi connectivity index (χ3v) is 5.16. The summed E-state index contributed by atoms with van der Waals surface area (Å²) >= 11 is 0. The molecule has 0 saturated heterocycles. The topological polar surface area (TPSA) is 148 Å². The first-order valence-corrected chi connectivity index (χ1v) is 12.8. The van der Waals surface area contributed by atoms with Gasteiger partial charge >= 0.3 is 0 Å². The van der Waals surface area contributed by atoms with Gasteiger partial charge in [-0.25, -0.2) is 0 Å². The molecule has 3 aromatic rings. The summed E-state index contributed by atoms with van der Waals surface area (Å²) in [7, 11) is 0. The molecule has 0 saturated carbocycles. The molecule has 0 unspecified atom stereocenters. The molecule has 2 aromatic carbocycles. The van der Waals surface area contributed by atoms with Crippen LogP contribution in [0.15, 0.2) is 54.6 Å². The van der Waals surface area contributed by atoms with Crippen molar-refractivity contribution in [3.8, 4) is 0 Å². The molecule has 0 aliphatic heterocycles. The van der Waals surface area contributed by atoms with Crippen LogP contribution in [0.4, 0.5) is 23.5 Å². The number of nitrogens with two attached hydrogens (primary N) is 1. The fourth-order valence-corrected chi connectivity index (χ4v) is 3.38. The first kappa shape index (κ1) is 28.8. The lowest BCUT2D eigenvalue weighted by atomic mass is 10.1. The number of benzene rings is 2. The molecule has 204 valence electrons. The molecule has 0 atom stereocenters. The Bertz CT molecular complexity index is 1100. The van der Waals surface area contributed by atoms with E-state index in [0.717, 1.165) is 12.1 Å². The van der Waals surface area contributed by atoms with Gasteiger partial charge in [-0.1, -0.05) is 30.3 Å². The Morgan fingerprint density at radius 3 is 2.24 bits per heavy atom. The number of carbonyl (C=O) groups is 1. The largest absolute Gasteiger partial charge is 0.378 e. The van der Waals surface area contributed by atoms with Crippen LogP contribution in [-0.2, 0) is 15.9 Å². The van der Waals surface area contributed by atoms with Crippen molar-refractivity contribution in [1.29, 1.82) is 0 Å². The summed E-state index contributed by atoms with van der Waals surface area (Å²) in [5, 5.41) is 12.5. The van der Waals surface area contributed by atoms with Crippen molar-refractivity contribution in [2.24, 2.45) is 5.73 Å². The number of hydrogen-bond donors (Lipinski definition) is 5. The first-order valence-electron chi connectivity index (χ1n) is 12.8. The molecule has 11 nitrogen and oxygen atoms in total. The fourth-order valence-electron chi connectivity index (χ4n) is 3.38. The van der Waals surface area contributed by atoms with Gasteiger partial charge in [0, 0.05) is 36.9 Å². The average Bonchev–Trinajstić information content (AvgIpc) is 2.90. The molecule has 0 bridgehead atoms. The van der Waals surface area contributed by atoms with E-state index in [1.165, 1.54) is 5.56 Å². The molecule has 11 heteroatoms. The molecule has 1 aromatic heterocycles. The highest BCUT2D eigenvalue weighted by atomic mass is 16.5. The Hall–Kier alpha value is -3.80. The van der Waals surface area contributed by atoms with Crippen molar-refractivity contribution >= 4 is 29.4 Å². The zero-order valence-electron chi connectivity index (χ0n) is 22.1. The van der Waals surface area contributed by atoms with Crippen molar-refractivity contribution in [3.63, 3.8) is 0 Å². The van der Waals surface area contributed by atoms with E-state index >= 15 is 0 Å². The number of hydrogen-bond acceptors (Lipinski definition) is 10. The van der Waals surface area contributed by atoms with Gasteiger partial charge in [-0.05, 0) is 50.1 Å². The van der Waals surface area contributed by atoms with Crippen molar-refractivity contribution in [2.45, 2.75) is 26.3 Å². The predicted octanol–water partition coefficient (Wildman–Crippen LogP) is 2.81. The van der Waals surface area contributed by atoms with Crippen LogP contribution in [-0.4, -0.2) is 73.0 Å². The van der Waals surface area contributed by atoms with Gasteiger partial charge < -0.3 is 36.5 Å². The monoisotopic (exact) mass is 522 g/mol. The van der Waals surface area contributed by atoms with Crippen LogP contribution in [0.3, 0.4) is 0 Å². The van der Waals surface area contributed by atoms with E-state index in [-0.39, 0.29) is 11.9 Å². The van der Waals surface area contributed by atoms with Crippen LogP contribution in [0.1, 0.15) is 29.8 Å². The summed E-state index contributed by atoms with van der Waals surface area (Å²) < 4.78 is 10.7. The number of anilines is 4. The number of amides is 1. The molecule has 6 N–H and O–H groups in total. The van der Waals surface area contributed by atoms with Crippen LogP contribution in [0.2, 0.25) is 0 Å². The lowest BCUT2D eigenvalue weighted by Crippen LogP contribution is -2.27. The van der Waals surface area contributed by atoms with E-state index in [4.69, 9.17) is 15.2 Å². The molecule has 0 aliphatic rings. The predicted molar refractivity (Wildman–Crippen MR) is 150 cm³/mol. The third kappa shape index (κ3) is 10.7. The Labute approximate surface area is 224 Å². The summed E-state index contributed by atoms with van der Waals surface area (Å²) in [6.07, 6.45) is 0.848. The van der Waals surface area contributed by atoms with Gasteiger partial charge in [0.15, 0.2) is 0 Å². The van der Waals surface area contributed by atoms with Gasteiger partial charge in [-0.15, -0.1) is 0 Å². The Morgan fingerprint density at radius 1 is 0.842 bits per heavy atom. The van der Waals surface area contributed by atoms with E-state index < -0.39 is 0 Å². The highest BCUT2D eigenvalue weighted by Crippen LogP contribution is 2.17. The zero-order chi connectivity index (χ0) is 27.0. The molecule has 0 fully saturated rings. The second-order valence-electron chi connectivity index (χ2n) is 8.74. The number of nitrogens with one attached hydrogen (secondary N) is 4. The maximum Gasteiger partial charge on any atom is 0.251 e. The summed E-state index contributed by atoms with van der Waals surface area (Å²) in [6.45, 7) is 7.50. The molecular formula is C27H38N8O3. The second kappa shape index (κ2) is 16.1. The van der Waals surface area contributed by atoms with E-state index in [9.17, 15) is 4.79 Å². The van der Waals surface area contributed by atoms with Crippen LogP contribution in [0.25, 0.3) is 0 Å². The molecular weight excluding hydrogens is 484 g/mol. The molecule has 0 spiro atoms. The third-order valence-electron chi connectivity index (χ3n) is 5.16. The summed E-state index contributed by atoms with van der Waals surface area (Å²) in [5.74, 6) is 1.18. The lowest BCUT2D eigenvalue weighted by Gasteiger charge is -2.13. The fraction of sp³-hybridized carbons (Fsp3) is 0.407. The van der Waals surface area contributed by atoms with Gasteiger partial charge in [0.25, 0.3) is 5.91 Å². The molecule has 1 heterocycles. The quantitative estimate of drug-likeness (QED) is 0.168. The van der Waals surface area contributed by atoms with Crippen molar-refractivity contribution in [1.82, 2.24) is 20.3 Å². The minimum atomic E-state index is -0.173. The number of ether oxygens (including phenoxy) is 2. The van der Waals surface area contributed by atoms with Gasteiger partial charge in [-0.3, -0.25) is 4.79 Å². The average molecular weight is 523 g/mol. The number of carbonyl (C=O) groups excluding carboxylic acids is 1. The van der Waals surface area contributed by atoms with Crippen molar-refractivity contribution < 1.29 is 14.3 Å². The van der Waals surface area contributed by atoms with E-state index in [1.54, 1.807) is 12.1 Å². The van der Waals surface area contributed by atoms with E-state index in [2.05, 4.69) is 48.4 Å².